The molecular weight excluding hydrogens is 312 g/mol. The van der Waals surface area contributed by atoms with E-state index in [1.807, 2.05) is 0 Å². The van der Waals surface area contributed by atoms with Gasteiger partial charge in [-0.1, -0.05) is 17.7 Å². The Hall–Kier alpha value is -2.09. The van der Waals surface area contributed by atoms with Crippen LogP contribution in [0.3, 0.4) is 0 Å². The van der Waals surface area contributed by atoms with Crippen LogP contribution in [-0.4, -0.2) is 9.97 Å². The molecule has 0 unspecified atom stereocenters. The van der Waals surface area contributed by atoms with E-state index in [2.05, 4.69) is 15.3 Å². The van der Waals surface area contributed by atoms with Crippen molar-refractivity contribution in [2.45, 2.75) is 12.7 Å². The summed E-state index contributed by atoms with van der Waals surface area (Å²) in [6, 6.07) is 3.76. The fraction of sp³-hybridized carbons (Fsp3) is 0.167. The molecule has 112 valence electrons. The fourth-order valence-electron chi connectivity index (χ4n) is 1.68. The number of benzene rings is 1. The molecule has 1 aromatic carbocycles. The molecule has 21 heavy (non-hydrogen) atoms. The number of nitrogens with two attached hydrogens (primary N) is 1. The average molecular weight is 321 g/mol. The molecule has 0 saturated heterocycles. The topological polar surface area (TPSA) is 63.8 Å². The zero-order chi connectivity index (χ0) is 15.6. The minimum absolute atomic E-state index is 0.0557. The molecular formula is C12H9ClF4N4. The first kappa shape index (κ1) is 15.3. The standard InChI is InChI=1S/C12H9ClF4N4/c13-9-4-10(21-11(18)20-9)19-5-6-1-2-7(14)3-8(6)12(15,16)17/h1-4H,5H2,(H3,18,19,20,21). The van der Waals surface area contributed by atoms with Crippen molar-refractivity contribution in [2.24, 2.45) is 0 Å². The highest BCUT2D eigenvalue weighted by molar-refractivity contribution is 6.29. The van der Waals surface area contributed by atoms with E-state index in [-0.39, 0.29) is 29.0 Å². The molecule has 0 aliphatic rings. The van der Waals surface area contributed by atoms with E-state index in [0.29, 0.717) is 6.07 Å². The number of nitrogen functional groups attached to an aromatic ring is 1. The van der Waals surface area contributed by atoms with Gasteiger partial charge in [-0.15, -0.1) is 0 Å². The number of hydrogen-bond donors (Lipinski definition) is 2. The Morgan fingerprint density at radius 1 is 1.19 bits per heavy atom. The number of hydrogen-bond acceptors (Lipinski definition) is 4. The lowest BCUT2D eigenvalue weighted by atomic mass is 10.1. The molecule has 0 atom stereocenters. The lowest BCUT2D eigenvalue weighted by Gasteiger charge is -2.14. The summed E-state index contributed by atoms with van der Waals surface area (Å²) in [5.74, 6) is -0.898. The molecule has 0 saturated carbocycles. The maximum atomic E-state index is 13.0. The Bertz CT molecular complexity index is 640. The minimum Gasteiger partial charge on any atom is -0.368 e. The number of rotatable bonds is 3. The third kappa shape index (κ3) is 3.94. The largest absolute Gasteiger partial charge is 0.416 e. The lowest BCUT2D eigenvalue weighted by Crippen LogP contribution is -2.13. The number of nitrogens with one attached hydrogen (secondary N) is 1. The monoisotopic (exact) mass is 320 g/mol. The van der Waals surface area contributed by atoms with Gasteiger partial charge in [0.05, 0.1) is 5.56 Å². The zero-order valence-electron chi connectivity index (χ0n) is 10.4. The van der Waals surface area contributed by atoms with Crippen molar-refractivity contribution in [3.05, 3.63) is 46.4 Å². The predicted molar refractivity (Wildman–Crippen MR) is 70.2 cm³/mol. The van der Waals surface area contributed by atoms with Crippen LogP contribution in [0, 0.1) is 5.82 Å². The van der Waals surface area contributed by atoms with Crippen LogP contribution in [0.4, 0.5) is 29.3 Å². The van der Waals surface area contributed by atoms with Gasteiger partial charge in [-0.2, -0.15) is 18.2 Å². The van der Waals surface area contributed by atoms with Crippen molar-refractivity contribution in [3.8, 4) is 0 Å². The van der Waals surface area contributed by atoms with Crippen molar-refractivity contribution < 1.29 is 17.6 Å². The van der Waals surface area contributed by atoms with Crippen molar-refractivity contribution >= 4 is 23.4 Å². The van der Waals surface area contributed by atoms with Gasteiger partial charge in [-0.3, -0.25) is 0 Å². The number of nitrogens with zero attached hydrogens (tertiary/aromatic N) is 2. The molecule has 1 heterocycles. The molecule has 0 aliphatic carbocycles. The highest BCUT2D eigenvalue weighted by Crippen LogP contribution is 2.32. The fourth-order valence-corrected chi connectivity index (χ4v) is 1.87. The first-order chi connectivity index (χ1) is 9.75. The summed E-state index contributed by atoms with van der Waals surface area (Å²) < 4.78 is 51.4. The summed E-state index contributed by atoms with van der Waals surface area (Å²) in [5.41, 5.74) is 4.19. The zero-order valence-corrected chi connectivity index (χ0v) is 11.1. The Kier molecular flexibility index (Phi) is 4.17. The highest BCUT2D eigenvalue weighted by atomic mass is 35.5. The van der Waals surface area contributed by atoms with E-state index in [0.717, 1.165) is 12.1 Å². The van der Waals surface area contributed by atoms with Gasteiger partial charge < -0.3 is 11.1 Å². The smallest absolute Gasteiger partial charge is 0.368 e. The van der Waals surface area contributed by atoms with Crippen LogP contribution in [0.5, 0.6) is 0 Å². The van der Waals surface area contributed by atoms with Crippen LogP contribution in [0.25, 0.3) is 0 Å². The van der Waals surface area contributed by atoms with Crippen molar-refractivity contribution in [1.29, 1.82) is 0 Å². The van der Waals surface area contributed by atoms with Gasteiger partial charge in [0.2, 0.25) is 5.95 Å². The second-order valence-electron chi connectivity index (χ2n) is 4.09. The Balaban J connectivity index is 2.24. The van der Waals surface area contributed by atoms with E-state index < -0.39 is 17.6 Å². The van der Waals surface area contributed by atoms with Crippen molar-refractivity contribution in [1.82, 2.24) is 9.97 Å². The summed E-state index contributed by atoms with van der Waals surface area (Å²) in [6.45, 7) is -0.220. The number of anilines is 2. The van der Waals surface area contributed by atoms with Gasteiger partial charge in [-0.05, 0) is 17.7 Å². The minimum atomic E-state index is -4.65. The second kappa shape index (κ2) is 5.72. The number of halogens is 5. The summed E-state index contributed by atoms with van der Waals surface area (Å²) in [4.78, 5) is 7.39. The van der Waals surface area contributed by atoms with Crippen LogP contribution >= 0.6 is 11.6 Å². The van der Waals surface area contributed by atoms with E-state index in [9.17, 15) is 17.6 Å². The van der Waals surface area contributed by atoms with Crippen LogP contribution < -0.4 is 11.1 Å². The summed E-state index contributed by atoms with van der Waals surface area (Å²) in [7, 11) is 0. The van der Waals surface area contributed by atoms with Crippen molar-refractivity contribution in [3.63, 3.8) is 0 Å². The summed E-state index contributed by atoms with van der Waals surface area (Å²) >= 11 is 5.66. The molecule has 2 aromatic rings. The molecule has 3 N–H and O–H groups in total. The molecule has 0 spiro atoms. The van der Waals surface area contributed by atoms with Gasteiger partial charge in [0, 0.05) is 12.6 Å². The molecule has 9 heteroatoms. The number of alkyl halides is 3. The van der Waals surface area contributed by atoms with Crippen molar-refractivity contribution in [2.75, 3.05) is 11.1 Å². The van der Waals surface area contributed by atoms with E-state index in [1.165, 1.54) is 6.07 Å². The van der Waals surface area contributed by atoms with Gasteiger partial charge >= 0.3 is 6.18 Å². The molecule has 0 amide bonds. The highest BCUT2D eigenvalue weighted by Gasteiger charge is 2.33. The van der Waals surface area contributed by atoms with Gasteiger partial charge in [-0.25, -0.2) is 9.37 Å². The van der Waals surface area contributed by atoms with E-state index in [1.54, 1.807) is 0 Å². The van der Waals surface area contributed by atoms with Crippen LogP contribution in [0.1, 0.15) is 11.1 Å². The summed E-state index contributed by atoms with van der Waals surface area (Å²) in [6.07, 6.45) is -4.65. The van der Waals surface area contributed by atoms with Crippen LogP contribution in [0.2, 0.25) is 5.15 Å². The molecule has 0 aliphatic heterocycles. The Labute approximate surface area is 122 Å². The van der Waals surface area contributed by atoms with Crippen LogP contribution in [0.15, 0.2) is 24.3 Å². The predicted octanol–water partition coefficient (Wildman–Crippen LogP) is 3.48. The second-order valence-corrected chi connectivity index (χ2v) is 4.47. The van der Waals surface area contributed by atoms with Crippen LogP contribution in [-0.2, 0) is 12.7 Å². The molecule has 1 aromatic heterocycles. The molecule has 2 rings (SSSR count). The Morgan fingerprint density at radius 3 is 2.52 bits per heavy atom. The number of aromatic nitrogens is 2. The summed E-state index contributed by atoms with van der Waals surface area (Å²) in [5, 5.41) is 2.69. The SMILES string of the molecule is Nc1nc(Cl)cc(NCc2ccc(F)cc2C(F)(F)F)n1. The Morgan fingerprint density at radius 2 is 1.90 bits per heavy atom. The quantitative estimate of drug-likeness (QED) is 0.671. The van der Waals surface area contributed by atoms with Gasteiger partial charge in [0.25, 0.3) is 0 Å². The third-order valence-electron chi connectivity index (χ3n) is 2.55. The maximum Gasteiger partial charge on any atom is 0.416 e. The first-order valence-corrected chi connectivity index (χ1v) is 6.03. The van der Waals surface area contributed by atoms with Gasteiger partial charge in [0.1, 0.15) is 16.8 Å². The van der Waals surface area contributed by atoms with Gasteiger partial charge in [0.15, 0.2) is 0 Å². The molecule has 0 bridgehead atoms. The molecule has 0 radical (unpaired) electrons. The molecule has 0 fully saturated rings. The normalized spacial score (nSPS) is 11.5. The molecule has 4 nitrogen and oxygen atoms in total. The average Bonchev–Trinajstić information content (AvgIpc) is 2.35. The lowest BCUT2D eigenvalue weighted by molar-refractivity contribution is -0.138. The first-order valence-electron chi connectivity index (χ1n) is 5.65. The van der Waals surface area contributed by atoms with E-state index >= 15 is 0 Å². The maximum absolute atomic E-state index is 13.0. The van der Waals surface area contributed by atoms with E-state index in [4.69, 9.17) is 17.3 Å². The third-order valence-corrected chi connectivity index (χ3v) is 2.74.